The average Bonchev–Trinajstić information content (AvgIpc) is 2.30. The number of aliphatic hydroxyl groups is 1. The number of hydrogen-bond acceptors (Lipinski definition) is 3. The van der Waals surface area contributed by atoms with Crippen molar-refractivity contribution in [3.05, 3.63) is 41.7 Å². The fourth-order valence-corrected chi connectivity index (χ4v) is 1.65. The standard InChI is InChI=1S/C11H14N2O/c14-8-9-4-6-13-11(7-9)10-3-1-2-5-12-10/h1-3,5,7,11,13-14H,4,6,8H2/t11-/m0/s1. The van der Waals surface area contributed by atoms with Crippen LogP contribution in [0.3, 0.4) is 0 Å². The van der Waals surface area contributed by atoms with Crippen LogP contribution in [-0.4, -0.2) is 23.2 Å². The van der Waals surface area contributed by atoms with Crippen LogP contribution >= 0.6 is 0 Å². The predicted octanol–water partition coefficient (Wildman–Crippen LogP) is 1.03. The van der Waals surface area contributed by atoms with E-state index in [1.54, 1.807) is 6.20 Å². The van der Waals surface area contributed by atoms with Gasteiger partial charge in [-0.2, -0.15) is 0 Å². The first kappa shape index (κ1) is 9.37. The molecule has 0 radical (unpaired) electrons. The highest BCUT2D eigenvalue weighted by Gasteiger charge is 2.14. The number of aromatic nitrogens is 1. The van der Waals surface area contributed by atoms with Crippen molar-refractivity contribution < 1.29 is 5.11 Å². The molecule has 0 unspecified atom stereocenters. The van der Waals surface area contributed by atoms with E-state index in [0.29, 0.717) is 0 Å². The SMILES string of the molecule is OCC1=C[C@@H](c2ccccn2)NCC1. The molecule has 0 bridgehead atoms. The van der Waals surface area contributed by atoms with E-state index >= 15 is 0 Å². The van der Waals surface area contributed by atoms with Crippen LogP contribution in [0.25, 0.3) is 0 Å². The Morgan fingerprint density at radius 3 is 3.14 bits per heavy atom. The predicted molar refractivity (Wildman–Crippen MR) is 54.8 cm³/mol. The lowest BCUT2D eigenvalue weighted by molar-refractivity contribution is 0.321. The van der Waals surface area contributed by atoms with E-state index in [4.69, 9.17) is 5.11 Å². The minimum absolute atomic E-state index is 0.158. The Balaban J connectivity index is 2.19. The largest absolute Gasteiger partial charge is 0.392 e. The van der Waals surface area contributed by atoms with Gasteiger partial charge in [0.05, 0.1) is 18.3 Å². The molecule has 0 spiro atoms. The molecule has 2 rings (SSSR count). The van der Waals surface area contributed by atoms with Crippen molar-refractivity contribution in [1.82, 2.24) is 10.3 Å². The highest BCUT2D eigenvalue weighted by Crippen LogP contribution is 2.18. The zero-order chi connectivity index (χ0) is 9.80. The van der Waals surface area contributed by atoms with Gasteiger partial charge >= 0.3 is 0 Å². The molecule has 74 valence electrons. The summed E-state index contributed by atoms with van der Waals surface area (Å²) in [7, 11) is 0. The summed E-state index contributed by atoms with van der Waals surface area (Å²) in [5, 5.41) is 12.4. The Hall–Kier alpha value is -1.19. The first-order valence-electron chi connectivity index (χ1n) is 4.85. The second-order valence-electron chi connectivity index (χ2n) is 3.42. The number of rotatable bonds is 2. The fraction of sp³-hybridized carbons (Fsp3) is 0.364. The Bertz CT molecular complexity index is 321. The van der Waals surface area contributed by atoms with Crippen molar-refractivity contribution in [1.29, 1.82) is 0 Å². The molecule has 1 atom stereocenters. The van der Waals surface area contributed by atoms with E-state index in [2.05, 4.69) is 16.4 Å². The van der Waals surface area contributed by atoms with Crippen LogP contribution in [0.2, 0.25) is 0 Å². The van der Waals surface area contributed by atoms with Gasteiger partial charge in [0.2, 0.25) is 0 Å². The molecule has 0 saturated heterocycles. The van der Waals surface area contributed by atoms with Crippen LogP contribution < -0.4 is 5.32 Å². The number of nitrogens with one attached hydrogen (secondary N) is 1. The molecule has 2 heterocycles. The Kier molecular flexibility index (Phi) is 2.91. The summed E-state index contributed by atoms with van der Waals surface area (Å²) < 4.78 is 0. The van der Waals surface area contributed by atoms with Crippen molar-refractivity contribution in [2.75, 3.05) is 13.2 Å². The zero-order valence-electron chi connectivity index (χ0n) is 7.98. The van der Waals surface area contributed by atoms with E-state index in [9.17, 15) is 0 Å². The quantitative estimate of drug-likeness (QED) is 0.685. The molecule has 0 saturated carbocycles. The molecule has 0 aliphatic carbocycles. The van der Waals surface area contributed by atoms with Crippen LogP contribution in [-0.2, 0) is 0 Å². The monoisotopic (exact) mass is 190 g/mol. The Morgan fingerprint density at radius 1 is 1.50 bits per heavy atom. The molecular weight excluding hydrogens is 176 g/mol. The molecule has 3 heteroatoms. The third-order valence-electron chi connectivity index (χ3n) is 2.42. The summed E-state index contributed by atoms with van der Waals surface area (Å²) in [5.41, 5.74) is 2.11. The molecule has 0 amide bonds. The van der Waals surface area contributed by atoms with Gasteiger partial charge in [-0.15, -0.1) is 0 Å². The van der Waals surface area contributed by atoms with Gasteiger partial charge < -0.3 is 10.4 Å². The fourth-order valence-electron chi connectivity index (χ4n) is 1.65. The van der Waals surface area contributed by atoms with Gasteiger partial charge in [0.25, 0.3) is 0 Å². The number of nitrogens with zero attached hydrogens (tertiary/aromatic N) is 1. The molecule has 14 heavy (non-hydrogen) atoms. The van der Waals surface area contributed by atoms with E-state index in [0.717, 1.165) is 24.2 Å². The maximum absolute atomic E-state index is 9.04. The van der Waals surface area contributed by atoms with Gasteiger partial charge in [0.15, 0.2) is 0 Å². The van der Waals surface area contributed by atoms with Gasteiger partial charge in [0, 0.05) is 6.20 Å². The van der Waals surface area contributed by atoms with Crippen molar-refractivity contribution in [2.45, 2.75) is 12.5 Å². The molecule has 3 nitrogen and oxygen atoms in total. The molecular formula is C11H14N2O. The van der Waals surface area contributed by atoms with Crippen molar-refractivity contribution in [3.63, 3.8) is 0 Å². The summed E-state index contributed by atoms with van der Waals surface area (Å²) in [6.45, 7) is 1.07. The third-order valence-corrected chi connectivity index (χ3v) is 2.42. The van der Waals surface area contributed by atoms with Crippen molar-refractivity contribution in [3.8, 4) is 0 Å². The van der Waals surface area contributed by atoms with E-state index in [-0.39, 0.29) is 12.6 Å². The highest BCUT2D eigenvalue weighted by atomic mass is 16.3. The average molecular weight is 190 g/mol. The normalized spacial score (nSPS) is 21.8. The lowest BCUT2D eigenvalue weighted by Gasteiger charge is -2.21. The molecule has 1 aliphatic heterocycles. The maximum atomic E-state index is 9.04. The van der Waals surface area contributed by atoms with Crippen LogP contribution in [0.1, 0.15) is 18.2 Å². The molecule has 0 aromatic carbocycles. The van der Waals surface area contributed by atoms with E-state index in [1.165, 1.54) is 0 Å². The molecule has 0 fully saturated rings. The van der Waals surface area contributed by atoms with Gasteiger partial charge in [-0.3, -0.25) is 4.98 Å². The number of pyridine rings is 1. The minimum atomic E-state index is 0.158. The van der Waals surface area contributed by atoms with Crippen molar-refractivity contribution >= 4 is 0 Å². The second kappa shape index (κ2) is 4.35. The van der Waals surface area contributed by atoms with Gasteiger partial charge in [-0.25, -0.2) is 0 Å². The van der Waals surface area contributed by atoms with Crippen molar-refractivity contribution in [2.24, 2.45) is 0 Å². The summed E-state index contributed by atoms with van der Waals surface area (Å²) >= 11 is 0. The highest BCUT2D eigenvalue weighted by molar-refractivity contribution is 5.20. The summed E-state index contributed by atoms with van der Waals surface area (Å²) in [6, 6.07) is 6.04. The molecule has 1 aromatic rings. The van der Waals surface area contributed by atoms with E-state index in [1.807, 2.05) is 18.2 Å². The first-order valence-corrected chi connectivity index (χ1v) is 4.85. The summed E-state index contributed by atoms with van der Waals surface area (Å²) in [6.07, 6.45) is 4.78. The van der Waals surface area contributed by atoms with E-state index < -0.39 is 0 Å². The third kappa shape index (κ3) is 2.00. The second-order valence-corrected chi connectivity index (χ2v) is 3.42. The zero-order valence-corrected chi connectivity index (χ0v) is 7.98. The molecule has 2 N–H and O–H groups in total. The van der Waals surface area contributed by atoms with Crippen LogP contribution in [0.15, 0.2) is 36.0 Å². The Morgan fingerprint density at radius 2 is 2.43 bits per heavy atom. The number of hydrogen-bond donors (Lipinski definition) is 2. The van der Waals surface area contributed by atoms with Gasteiger partial charge in [-0.05, 0) is 30.7 Å². The van der Waals surface area contributed by atoms with Gasteiger partial charge in [-0.1, -0.05) is 12.1 Å². The smallest absolute Gasteiger partial charge is 0.0684 e. The lowest BCUT2D eigenvalue weighted by Crippen LogP contribution is -2.26. The lowest BCUT2D eigenvalue weighted by atomic mass is 10.0. The minimum Gasteiger partial charge on any atom is -0.392 e. The molecule has 1 aromatic heterocycles. The van der Waals surface area contributed by atoms with Crippen LogP contribution in [0.5, 0.6) is 0 Å². The number of aliphatic hydroxyl groups excluding tert-OH is 1. The van der Waals surface area contributed by atoms with Crippen LogP contribution in [0, 0.1) is 0 Å². The van der Waals surface area contributed by atoms with Gasteiger partial charge in [0.1, 0.15) is 0 Å². The topological polar surface area (TPSA) is 45.2 Å². The summed E-state index contributed by atoms with van der Waals surface area (Å²) in [5.74, 6) is 0. The first-order chi connectivity index (χ1) is 6.90. The Labute approximate surface area is 83.5 Å². The van der Waals surface area contributed by atoms with Crippen LogP contribution in [0.4, 0.5) is 0 Å². The maximum Gasteiger partial charge on any atom is 0.0684 e. The molecule has 1 aliphatic rings. The summed E-state index contributed by atoms with van der Waals surface area (Å²) in [4.78, 5) is 4.28.